The van der Waals surface area contributed by atoms with Crippen LogP contribution in [0.5, 0.6) is 0 Å². The highest BCUT2D eigenvalue weighted by Crippen LogP contribution is 2.30. The zero-order valence-electron chi connectivity index (χ0n) is 10.7. The molecule has 0 aromatic heterocycles. The normalized spacial score (nSPS) is 24.9. The summed E-state index contributed by atoms with van der Waals surface area (Å²) in [5, 5.41) is 9.05. The van der Waals surface area contributed by atoms with E-state index in [1.54, 1.807) is 0 Å². The van der Waals surface area contributed by atoms with Crippen molar-refractivity contribution in [3.8, 4) is 0 Å². The molecule has 1 atom stereocenters. The molecule has 98 valence electrons. The second-order valence-corrected chi connectivity index (χ2v) is 5.73. The quantitative estimate of drug-likeness (QED) is 0.802. The molecule has 17 heavy (non-hydrogen) atoms. The van der Waals surface area contributed by atoms with Gasteiger partial charge in [-0.05, 0) is 38.3 Å². The van der Waals surface area contributed by atoms with E-state index in [0.29, 0.717) is 12.5 Å². The Morgan fingerprint density at radius 3 is 2.35 bits per heavy atom. The summed E-state index contributed by atoms with van der Waals surface area (Å²) in [6, 6.07) is 0.304. The lowest BCUT2D eigenvalue weighted by Gasteiger charge is -2.31. The molecule has 1 aliphatic carbocycles. The number of carboxylic acids is 1. The minimum atomic E-state index is -0.627. The standard InChI is InChI=1S/C14H25NO2/c16-14(17)11-13(15-8-4-5-9-15)10-12-6-2-1-3-7-12/h12-13H,1-11H2,(H,16,17). The van der Waals surface area contributed by atoms with Crippen LogP contribution in [0.3, 0.4) is 0 Å². The Morgan fingerprint density at radius 2 is 1.76 bits per heavy atom. The molecule has 0 aromatic rings. The molecule has 0 radical (unpaired) electrons. The molecule has 0 amide bonds. The number of carbonyl (C=O) groups is 1. The number of carboxylic acid groups (broad SMARTS) is 1. The summed E-state index contributed by atoms with van der Waals surface area (Å²) in [6.07, 6.45) is 10.7. The first-order chi connectivity index (χ1) is 8.25. The summed E-state index contributed by atoms with van der Waals surface area (Å²) < 4.78 is 0. The third-order valence-corrected chi connectivity index (χ3v) is 4.40. The van der Waals surface area contributed by atoms with Crippen LogP contribution in [-0.2, 0) is 4.79 Å². The lowest BCUT2D eigenvalue weighted by atomic mass is 9.84. The van der Waals surface area contributed by atoms with E-state index in [4.69, 9.17) is 5.11 Å². The average Bonchev–Trinajstić information content (AvgIpc) is 2.82. The fraction of sp³-hybridized carbons (Fsp3) is 0.929. The van der Waals surface area contributed by atoms with Crippen molar-refractivity contribution in [2.45, 2.75) is 63.8 Å². The Morgan fingerprint density at radius 1 is 1.12 bits per heavy atom. The van der Waals surface area contributed by atoms with Crippen LogP contribution in [0, 0.1) is 5.92 Å². The van der Waals surface area contributed by atoms with Crippen LogP contribution in [-0.4, -0.2) is 35.1 Å². The predicted molar refractivity (Wildman–Crippen MR) is 68.0 cm³/mol. The van der Waals surface area contributed by atoms with Gasteiger partial charge in [-0.3, -0.25) is 9.69 Å². The molecule has 0 bridgehead atoms. The van der Waals surface area contributed by atoms with Crippen molar-refractivity contribution in [2.75, 3.05) is 13.1 Å². The lowest BCUT2D eigenvalue weighted by molar-refractivity contribution is -0.138. The van der Waals surface area contributed by atoms with Crippen LogP contribution in [0.2, 0.25) is 0 Å². The molecule has 1 unspecified atom stereocenters. The second kappa shape index (κ2) is 6.39. The van der Waals surface area contributed by atoms with Crippen LogP contribution in [0.1, 0.15) is 57.8 Å². The number of nitrogens with zero attached hydrogens (tertiary/aromatic N) is 1. The summed E-state index contributed by atoms with van der Waals surface area (Å²) >= 11 is 0. The Hall–Kier alpha value is -0.570. The largest absolute Gasteiger partial charge is 0.481 e. The van der Waals surface area contributed by atoms with Crippen LogP contribution < -0.4 is 0 Å². The third kappa shape index (κ3) is 3.98. The Balaban J connectivity index is 1.86. The summed E-state index contributed by atoms with van der Waals surface area (Å²) in [6.45, 7) is 2.23. The minimum Gasteiger partial charge on any atom is -0.481 e. The van der Waals surface area contributed by atoms with Gasteiger partial charge in [-0.25, -0.2) is 0 Å². The number of hydrogen-bond donors (Lipinski definition) is 1. The average molecular weight is 239 g/mol. The summed E-state index contributed by atoms with van der Waals surface area (Å²) in [7, 11) is 0. The van der Waals surface area contributed by atoms with Gasteiger partial charge in [0, 0.05) is 6.04 Å². The zero-order valence-corrected chi connectivity index (χ0v) is 10.7. The smallest absolute Gasteiger partial charge is 0.304 e. The fourth-order valence-electron chi connectivity index (χ4n) is 3.48. The van der Waals surface area contributed by atoms with Gasteiger partial charge in [0.1, 0.15) is 0 Å². The molecule has 2 fully saturated rings. The fourth-order valence-corrected chi connectivity index (χ4v) is 3.48. The molecule has 1 heterocycles. The van der Waals surface area contributed by atoms with E-state index in [-0.39, 0.29) is 0 Å². The van der Waals surface area contributed by atoms with Gasteiger partial charge in [-0.1, -0.05) is 32.1 Å². The highest BCUT2D eigenvalue weighted by Gasteiger charge is 2.27. The molecule has 1 aliphatic heterocycles. The van der Waals surface area contributed by atoms with Gasteiger partial charge in [0.2, 0.25) is 0 Å². The van der Waals surface area contributed by atoms with Gasteiger partial charge in [0.25, 0.3) is 0 Å². The maximum Gasteiger partial charge on any atom is 0.304 e. The molecule has 0 aromatic carbocycles. The van der Waals surface area contributed by atoms with Crippen molar-refractivity contribution in [2.24, 2.45) is 5.92 Å². The van der Waals surface area contributed by atoms with Crippen molar-refractivity contribution >= 4 is 5.97 Å². The van der Waals surface area contributed by atoms with Gasteiger partial charge in [0.15, 0.2) is 0 Å². The van der Waals surface area contributed by atoms with E-state index in [2.05, 4.69) is 4.90 Å². The van der Waals surface area contributed by atoms with E-state index < -0.39 is 5.97 Å². The molecule has 3 nitrogen and oxygen atoms in total. The van der Waals surface area contributed by atoms with Crippen molar-refractivity contribution in [1.29, 1.82) is 0 Å². The Labute approximate surface area is 104 Å². The Bertz CT molecular complexity index is 243. The SMILES string of the molecule is O=C(O)CC(CC1CCCCC1)N1CCCC1. The number of likely N-dealkylation sites (tertiary alicyclic amines) is 1. The molecule has 1 saturated carbocycles. The van der Waals surface area contributed by atoms with Gasteiger partial charge >= 0.3 is 5.97 Å². The molecule has 3 heteroatoms. The van der Waals surface area contributed by atoms with Gasteiger partial charge in [-0.15, -0.1) is 0 Å². The number of rotatable bonds is 5. The van der Waals surface area contributed by atoms with Crippen molar-refractivity contribution in [3.05, 3.63) is 0 Å². The van der Waals surface area contributed by atoms with Crippen molar-refractivity contribution in [3.63, 3.8) is 0 Å². The monoisotopic (exact) mass is 239 g/mol. The number of hydrogen-bond acceptors (Lipinski definition) is 2. The minimum absolute atomic E-state index is 0.304. The lowest BCUT2D eigenvalue weighted by Crippen LogP contribution is -2.36. The van der Waals surface area contributed by atoms with Crippen LogP contribution in [0.4, 0.5) is 0 Å². The zero-order chi connectivity index (χ0) is 12.1. The van der Waals surface area contributed by atoms with E-state index in [0.717, 1.165) is 25.4 Å². The van der Waals surface area contributed by atoms with E-state index in [1.807, 2.05) is 0 Å². The van der Waals surface area contributed by atoms with Gasteiger partial charge < -0.3 is 5.11 Å². The predicted octanol–water partition coefficient (Wildman–Crippen LogP) is 2.90. The molecular weight excluding hydrogens is 214 g/mol. The topological polar surface area (TPSA) is 40.5 Å². The highest BCUT2D eigenvalue weighted by molar-refractivity contribution is 5.67. The molecule has 0 spiro atoms. The first-order valence-corrected chi connectivity index (χ1v) is 7.21. The Kier molecular flexibility index (Phi) is 4.84. The second-order valence-electron chi connectivity index (χ2n) is 5.73. The summed E-state index contributed by atoms with van der Waals surface area (Å²) in [5.74, 6) is 0.159. The van der Waals surface area contributed by atoms with Crippen LogP contribution in [0.15, 0.2) is 0 Å². The van der Waals surface area contributed by atoms with E-state index >= 15 is 0 Å². The summed E-state index contributed by atoms with van der Waals surface area (Å²) in [4.78, 5) is 13.4. The van der Waals surface area contributed by atoms with Crippen LogP contribution in [0.25, 0.3) is 0 Å². The maximum absolute atomic E-state index is 11.0. The number of aliphatic carboxylic acids is 1. The molecule has 2 rings (SSSR count). The van der Waals surface area contributed by atoms with Crippen molar-refractivity contribution < 1.29 is 9.90 Å². The highest BCUT2D eigenvalue weighted by atomic mass is 16.4. The van der Waals surface area contributed by atoms with Crippen molar-refractivity contribution in [1.82, 2.24) is 4.90 Å². The van der Waals surface area contributed by atoms with Crippen LogP contribution >= 0.6 is 0 Å². The third-order valence-electron chi connectivity index (χ3n) is 4.40. The summed E-state index contributed by atoms with van der Waals surface area (Å²) in [5.41, 5.74) is 0. The van der Waals surface area contributed by atoms with E-state index in [9.17, 15) is 4.79 Å². The molecule has 1 saturated heterocycles. The molecular formula is C14H25NO2. The van der Waals surface area contributed by atoms with E-state index in [1.165, 1.54) is 44.9 Å². The first-order valence-electron chi connectivity index (χ1n) is 7.21. The van der Waals surface area contributed by atoms with Gasteiger partial charge in [-0.2, -0.15) is 0 Å². The first kappa shape index (κ1) is 12.9. The van der Waals surface area contributed by atoms with Gasteiger partial charge in [0.05, 0.1) is 6.42 Å². The maximum atomic E-state index is 11.0. The molecule has 1 N–H and O–H groups in total. The molecule has 2 aliphatic rings.